The number of benzene rings is 1. The van der Waals surface area contributed by atoms with Crippen molar-refractivity contribution in [1.82, 2.24) is 9.78 Å². The van der Waals surface area contributed by atoms with Crippen LogP contribution in [0.3, 0.4) is 0 Å². The lowest BCUT2D eigenvalue weighted by atomic mass is 10.1. The number of halogens is 1. The molecule has 2 N–H and O–H groups in total. The summed E-state index contributed by atoms with van der Waals surface area (Å²) in [5.74, 6) is 0. The van der Waals surface area contributed by atoms with Crippen LogP contribution >= 0.6 is 15.9 Å². The summed E-state index contributed by atoms with van der Waals surface area (Å²) in [6.45, 7) is 2.58. The highest BCUT2D eigenvalue weighted by Gasteiger charge is 2.07. The third-order valence-corrected chi connectivity index (χ3v) is 2.73. The summed E-state index contributed by atoms with van der Waals surface area (Å²) in [6.07, 6.45) is 3.70. The van der Waals surface area contributed by atoms with E-state index in [4.69, 9.17) is 5.73 Å². The number of rotatable bonds is 2. The highest BCUT2D eigenvalue weighted by atomic mass is 79.9. The predicted molar refractivity (Wildman–Crippen MR) is 63.9 cm³/mol. The molecule has 1 aromatic heterocycles. The predicted octanol–water partition coefficient (Wildman–Crippen LogP) is 2.40. The molecule has 0 saturated carbocycles. The van der Waals surface area contributed by atoms with Crippen LogP contribution in [0, 0.1) is 6.92 Å². The first kappa shape index (κ1) is 10.4. The van der Waals surface area contributed by atoms with Crippen molar-refractivity contribution in [2.45, 2.75) is 13.5 Å². The summed E-state index contributed by atoms with van der Waals surface area (Å²) in [5, 5.41) is 4.27. The molecule has 0 bridgehead atoms. The van der Waals surface area contributed by atoms with Gasteiger partial charge in [-0.1, -0.05) is 18.2 Å². The number of nitrogens with two attached hydrogens (primary N) is 1. The number of hydrogen-bond donors (Lipinski definition) is 1. The summed E-state index contributed by atoms with van der Waals surface area (Å²) >= 11 is 3.39. The van der Waals surface area contributed by atoms with E-state index in [9.17, 15) is 0 Å². The Morgan fingerprint density at radius 1 is 1.47 bits per heavy atom. The Labute approximate surface area is 97.0 Å². The van der Waals surface area contributed by atoms with E-state index >= 15 is 0 Å². The minimum absolute atomic E-state index is 0.522. The van der Waals surface area contributed by atoms with Crippen LogP contribution in [-0.4, -0.2) is 9.78 Å². The average Bonchev–Trinajstić information content (AvgIpc) is 2.64. The Morgan fingerprint density at radius 3 is 2.87 bits per heavy atom. The highest BCUT2D eigenvalue weighted by molar-refractivity contribution is 9.10. The lowest BCUT2D eigenvalue weighted by Gasteiger charge is -2.10. The molecule has 2 rings (SSSR count). The third-order valence-electron chi connectivity index (χ3n) is 2.32. The second-order valence-corrected chi connectivity index (χ2v) is 4.31. The van der Waals surface area contributed by atoms with Gasteiger partial charge in [-0.2, -0.15) is 5.10 Å². The quantitative estimate of drug-likeness (QED) is 0.907. The molecule has 0 atom stereocenters. The molecule has 78 valence electrons. The summed E-state index contributed by atoms with van der Waals surface area (Å²) < 4.78 is 2.82. The molecule has 1 heterocycles. The number of aromatic nitrogens is 2. The fourth-order valence-corrected chi connectivity index (χ4v) is 1.92. The Kier molecular flexibility index (Phi) is 2.88. The van der Waals surface area contributed by atoms with Crippen molar-refractivity contribution < 1.29 is 0 Å². The molecule has 0 aliphatic heterocycles. The molecule has 0 amide bonds. The van der Waals surface area contributed by atoms with Gasteiger partial charge in [-0.25, -0.2) is 4.68 Å². The average molecular weight is 266 g/mol. The molecule has 4 heteroatoms. The second kappa shape index (κ2) is 4.16. The number of nitrogens with zero attached hydrogens (tertiary/aromatic N) is 2. The molecule has 0 saturated heterocycles. The standard InChI is InChI=1S/C11H12BrN3/c1-8-3-2-4-9(5-13)11(8)15-7-10(12)6-14-15/h2-4,6-7H,5,13H2,1H3. The van der Waals surface area contributed by atoms with E-state index in [1.165, 1.54) is 5.56 Å². The molecule has 0 fully saturated rings. The first-order valence-corrected chi connectivity index (χ1v) is 5.51. The van der Waals surface area contributed by atoms with Crippen LogP contribution in [0.25, 0.3) is 5.69 Å². The van der Waals surface area contributed by atoms with Crippen LogP contribution in [0.5, 0.6) is 0 Å². The maximum atomic E-state index is 5.71. The lowest BCUT2D eigenvalue weighted by molar-refractivity contribution is 0.850. The third kappa shape index (κ3) is 1.96. The Balaban J connectivity index is 2.60. The molecule has 0 radical (unpaired) electrons. The van der Waals surface area contributed by atoms with Crippen molar-refractivity contribution in [3.8, 4) is 5.69 Å². The van der Waals surface area contributed by atoms with E-state index in [0.717, 1.165) is 15.7 Å². The molecule has 0 unspecified atom stereocenters. The summed E-state index contributed by atoms with van der Waals surface area (Å²) in [5.41, 5.74) is 9.06. The van der Waals surface area contributed by atoms with Gasteiger partial charge in [0.15, 0.2) is 0 Å². The van der Waals surface area contributed by atoms with Crippen molar-refractivity contribution in [3.05, 3.63) is 46.2 Å². The van der Waals surface area contributed by atoms with Gasteiger partial charge in [0.05, 0.1) is 16.4 Å². The number of hydrogen-bond acceptors (Lipinski definition) is 2. The van der Waals surface area contributed by atoms with Crippen LogP contribution in [0.2, 0.25) is 0 Å². The fourth-order valence-electron chi connectivity index (χ4n) is 1.64. The van der Waals surface area contributed by atoms with Gasteiger partial charge in [-0.05, 0) is 34.0 Å². The first-order valence-electron chi connectivity index (χ1n) is 4.71. The molecule has 3 nitrogen and oxygen atoms in total. The molecular formula is C11H12BrN3. The zero-order valence-corrected chi connectivity index (χ0v) is 10.0. The Bertz CT molecular complexity index is 476. The molecule has 0 aliphatic rings. The Morgan fingerprint density at radius 2 is 2.27 bits per heavy atom. The van der Waals surface area contributed by atoms with Gasteiger partial charge in [0, 0.05) is 12.7 Å². The van der Waals surface area contributed by atoms with Crippen molar-refractivity contribution in [2.75, 3.05) is 0 Å². The molecule has 0 aliphatic carbocycles. The van der Waals surface area contributed by atoms with E-state index in [2.05, 4.69) is 34.0 Å². The molecule has 2 aromatic rings. The van der Waals surface area contributed by atoms with Crippen LogP contribution in [0.15, 0.2) is 35.1 Å². The van der Waals surface area contributed by atoms with E-state index in [1.54, 1.807) is 6.20 Å². The van der Waals surface area contributed by atoms with Gasteiger partial charge in [0.1, 0.15) is 0 Å². The van der Waals surface area contributed by atoms with E-state index in [1.807, 2.05) is 23.0 Å². The van der Waals surface area contributed by atoms with E-state index in [-0.39, 0.29) is 0 Å². The molecule has 15 heavy (non-hydrogen) atoms. The minimum atomic E-state index is 0.522. The van der Waals surface area contributed by atoms with Gasteiger partial charge >= 0.3 is 0 Å². The van der Waals surface area contributed by atoms with Crippen molar-refractivity contribution in [2.24, 2.45) is 5.73 Å². The molecular weight excluding hydrogens is 254 g/mol. The smallest absolute Gasteiger partial charge is 0.0719 e. The summed E-state index contributed by atoms with van der Waals surface area (Å²) in [6, 6.07) is 6.10. The minimum Gasteiger partial charge on any atom is -0.326 e. The monoisotopic (exact) mass is 265 g/mol. The van der Waals surface area contributed by atoms with Crippen LogP contribution in [0.1, 0.15) is 11.1 Å². The molecule has 0 spiro atoms. The SMILES string of the molecule is Cc1cccc(CN)c1-n1cc(Br)cn1. The fraction of sp³-hybridized carbons (Fsp3) is 0.182. The zero-order chi connectivity index (χ0) is 10.8. The van der Waals surface area contributed by atoms with Crippen LogP contribution in [-0.2, 0) is 6.54 Å². The van der Waals surface area contributed by atoms with Gasteiger partial charge < -0.3 is 5.73 Å². The zero-order valence-electron chi connectivity index (χ0n) is 8.44. The highest BCUT2D eigenvalue weighted by Crippen LogP contribution is 2.20. The Hall–Kier alpha value is -1.13. The van der Waals surface area contributed by atoms with Crippen molar-refractivity contribution in [3.63, 3.8) is 0 Å². The van der Waals surface area contributed by atoms with E-state index in [0.29, 0.717) is 6.54 Å². The number of para-hydroxylation sites is 1. The van der Waals surface area contributed by atoms with Crippen molar-refractivity contribution >= 4 is 15.9 Å². The van der Waals surface area contributed by atoms with Crippen LogP contribution < -0.4 is 5.73 Å². The van der Waals surface area contributed by atoms with Gasteiger partial charge in [0.2, 0.25) is 0 Å². The second-order valence-electron chi connectivity index (χ2n) is 3.39. The number of aryl methyl sites for hydroxylation is 1. The summed E-state index contributed by atoms with van der Waals surface area (Å²) in [4.78, 5) is 0. The van der Waals surface area contributed by atoms with Crippen LogP contribution in [0.4, 0.5) is 0 Å². The molecule has 1 aromatic carbocycles. The van der Waals surface area contributed by atoms with Gasteiger partial charge in [-0.3, -0.25) is 0 Å². The van der Waals surface area contributed by atoms with Crippen molar-refractivity contribution in [1.29, 1.82) is 0 Å². The summed E-state index contributed by atoms with van der Waals surface area (Å²) in [7, 11) is 0. The first-order chi connectivity index (χ1) is 7.22. The topological polar surface area (TPSA) is 43.8 Å². The normalized spacial score (nSPS) is 10.6. The maximum absolute atomic E-state index is 5.71. The van der Waals surface area contributed by atoms with Gasteiger partial charge in [-0.15, -0.1) is 0 Å². The van der Waals surface area contributed by atoms with E-state index < -0.39 is 0 Å². The largest absolute Gasteiger partial charge is 0.326 e. The lowest BCUT2D eigenvalue weighted by Crippen LogP contribution is -2.06. The van der Waals surface area contributed by atoms with Gasteiger partial charge in [0.25, 0.3) is 0 Å². The maximum Gasteiger partial charge on any atom is 0.0719 e.